The first-order valence-electron chi connectivity index (χ1n) is 7.60. The van der Waals surface area contributed by atoms with E-state index in [2.05, 4.69) is 47.6 Å². The van der Waals surface area contributed by atoms with Crippen LogP contribution < -0.4 is 0 Å². The third-order valence-corrected chi connectivity index (χ3v) is 5.03. The van der Waals surface area contributed by atoms with Gasteiger partial charge >= 0.3 is 0 Å². The lowest BCUT2D eigenvalue weighted by Crippen LogP contribution is -2.22. The molecule has 0 saturated heterocycles. The van der Waals surface area contributed by atoms with Gasteiger partial charge in [-0.2, -0.15) is 0 Å². The molecule has 0 N–H and O–H groups in total. The predicted octanol–water partition coefficient (Wildman–Crippen LogP) is 5.83. The summed E-state index contributed by atoms with van der Waals surface area (Å²) < 4.78 is 0. The van der Waals surface area contributed by atoms with Crippen LogP contribution in [0.25, 0.3) is 0 Å². The van der Waals surface area contributed by atoms with Gasteiger partial charge < -0.3 is 0 Å². The fourth-order valence-electron chi connectivity index (χ4n) is 2.98. The van der Waals surface area contributed by atoms with Gasteiger partial charge in [-0.25, -0.2) is 0 Å². The molecule has 0 aliphatic heterocycles. The smallest absolute Gasteiger partial charge is 0.0226 e. The van der Waals surface area contributed by atoms with Crippen LogP contribution in [0.4, 0.5) is 0 Å². The Balaban J connectivity index is 2.69. The Morgan fingerprint density at radius 3 is 2.24 bits per heavy atom. The van der Waals surface area contributed by atoms with Crippen LogP contribution in [0, 0.1) is 23.2 Å². The van der Waals surface area contributed by atoms with Crippen LogP contribution in [0.1, 0.15) is 73.6 Å². The number of rotatable bonds is 7. The van der Waals surface area contributed by atoms with Gasteiger partial charge in [-0.15, -0.1) is 0 Å². The SMILES string of the molecule is CCC(C)=CC(C)C(CC(C)CC)C1(C)CC1. The van der Waals surface area contributed by atoms with Crippen molar-refractivity contribution in [2.75, 3.05) is 0 Å². The van der Waals surface area contributed by atoms with Gasteiger partial charge in [-0.1, -0.05) is 52.7 Å². The topological polar surface area (TPSA) is 0 Å². The number of hydrogen-bond donors (Lipinski definition) is 0. The van der Waals surface area contributed by atoms with Crippen molar-refractivity contribution in [2.45, 2.75) is 73.6 Å². The lowest BCUT2D eigenvalue weighted by Gasteiger charge is -2.31. The maximum Gasteiger partial charge on any atom is -0.0226 e. The van der Waals surface area contributed by atoms with Crippen LogP contribution in [-0.4, -0.2) is 0 Å². The van der Waals surface area contributed by atoms with E-state index in [0.29, 0.717) is 5.41 Å². The van der Waals surface area contributed by atoms with Crippen molar-refractivity contribution in [2.24, 2.45) is 23.2 Å². The number of allylic oxidation sites excluding steroid dienone is 2. The van der Waals surface area contributed by atoms with Crippen molar-refractivity contribution < 1.29 is 0 Å². The quantitative estimate of drug-likeness (QED) is 0.488. The fourth-order valence-corrected chi connectivity index (χ4v) is 2.98. The Bertz CT molecular complexity index is 257. The van der Waals surface area contributed by atoms with E-state index in [4.69, 9.17) is 0 Å². The highest BCUT2D eigenvalue weighted by atomic mass is 14.5. The van der Waals surface area contributed by atoms with Gasteiger partial charge in [0.2, 0.25) is 0 Å². The standard InChI is InChI=1S/C17H32/c1-7-13(3)11-15(5)16(12-14(4)8-2)17(6)9-10-17/h11,14-16H,7-10,12H2,1-6H3. The predicted molar refractivity (Wildman–Crippen MR) is 78.1 cm³/mol. The molecule has 1 aliphatic carbocycles. The fraction of sp³-hybridized carbons (Fsp3) is 0.882. The zero-order valence-electron chi connectivity index (χ0n) is 12.8. The lowest BCUT2D eigenvalue weighted by molar-refractivity contribution is 0.217. The summed E-state index contributed by atoms with van der Waals surface area (Å²) in [6.45, 7) is 14.2. The molecule has 17 heavy (non-hydrogen) atoms. The average molecular weight is 236 g/mol. The van der Waals surface area contributed by atoms with Crippen LogP contribution in [0.5, 0.6) is 0 Å². The molecule has 0 nitrogen and oxygen atoms in total. The minimum atomic E-state index is 0.660. The molecule has 0 heteroatoms. The first kappa shape index (κ1) is 14.8. The summed E-state index contributed by atoms with van der Waals surface area (Å²) >= 11 is 0. The molecule has 1 saturated carbocycles. The summed E-state index contributed by atoms with van der Waals surface area (Å²) in [4.78, 5) is 0. The number of hydrogen-bond acceptors (Lipinski definition) is 0. The Labute approximate surface area is 109 Å². The van der Waals surface area contributed by atoms with Crippen molar-refractivity contribution >= 4 is 0 Å². The molecule has 0 aromatic rings. The highest BCUT2D eigenvalue weighted by Gasteiger charge is 2.46. The van der Waals surface area contributed by atoms with Crippen molar-refractivity contribution in [3.8, 4) is 0 Å². The second-order valence-corrected chi connectivity index (χ2v) is 6.74. The summed E-state index contributed by atoms with van der Waals surface area (Å²) in [5, 5.41) is 0. The Kier molecular flexibility index (Phi) is 5.28. The van der Waals surface area contributed by atoms with Crippen molar-refractivity contribution in [1.82, 2.24) is 0 Å². The molecular formula is C17H32. The molecule has 0 amide bonds. The van der Waals surface area contributed by atoms with E-state index < -0.39 is 0 Å². The van der Waals surface area contributed by atoms with Crippen LogP contribution >= 0.6 is 0 Å². The molecule has 0 heterocycles. The molecule has 0 aromatic carbocycles. The Morgan fingerprint density at radius 1 is 1.24 bits per heavy atom. The molecule has 3 unspecified atom stereocenters. The van der Waals surface area contributed by atoms with Gasteiger partial charge in [0, 0.05) is 0 Å². The van der Waals surface area contributed by atoms with Gasteiger partial charge in [-0.3, -0.25) is 0 Å². The van der Waals surface area contributed by atoms with Crippen LogP contribution in [-0.2, 0) is 0 Å². The van der Waals surface area contributed by atoms with Crippen molar-refractivity contribution in [3.63, 3.8) is 0 Å². The third kappa shape index (κ3) is 4.16. The summed E-state index contributed by atoms with van der Waals surface area (Å²) in [5.74, 6) is 2.55. The van der Waals surface area contributed by atoms with Crippen LogP contribution in [0.2, 0.25) is 0 Å². The normalized spacial score (nSPS) is 24.2. The van der Waals surface area contributed by atoms with Gasteiger partial charge in [-0.05, 0) is 55.8 Å². The minimum absolute atomic E-state index is 0.660. The molecule has 0 spiro atoms. The lowest BCUT2D eigenvalue weighted by atomic mass is 9.74. The molecule has 1 rings (SSSR count). The molecular weight excluding hydrogens is 204 g/mol. The minimum Gasteiger partial charge on any atom is -0.0825 e. The van der Waals surface area contributed by atoms with E-state index in [1.54, 1.807) is 5.57 Å². The monoisotopic (exact) mass is 236 g/mol. The van der Waals surface area contributed by atoms with E-state index in [-0.39, 0.29) is 0 Å². The first-order chi connectivity index (χ1) is 7.92. The molecule has 0 bridgehead atoms. The Morgan fingerprint density at radius 2 is 1.82 bits per heavy atom. The second kappa shape index (κ2) is 6.07. The highest BCUT2D eigenvalue weighted by Crippen LogP contribution is 2.56. The summed E-state index contributed by atoms with van der Waals surface area (Å²) in [6.07, 6.45) is 9.40. The maximum absolute atomic E-state index is 2.54. The molecule has 0 radical (unpaired) electrons. The van der Waals surface area contributed by atoms with Gasteiger partial charge in [0.05, 0.1) is 0 Å². The van der Waals surface area contributed by atoms with E-state index in [1.165, 1.54) is 32.1 Å². The van der Waals surface area contributed by atoms with Crippen molar-refractivity contribution in [1.29, 1.82) is 0 Å². The first-order valence-corrected chi connectivity index (χ1v) is 7.60. The highest BCUT2D eigenvalue weighted by molar-refractivity contribution is 5.06. The Hall–Kier alpha value is -0.260. The molecule has 1 fully saturated rings. The van der Waals surface area contributed by atoms with Gasteiger partial charge in [0.25, 0.3) is 0 Å². The molecule has 100 valence electrons. The van der Waals surface area contributed by atoms with Crippen LogP contribution in [0.3, 0.4) is 0 Å². The zero-order valence-corrected chi connectivity index (χ0v) is 12.8. The zero-order chi connectivity index (χ0) is 13.1. The van der Waals surface area contributed by atoms with Crippen LogP contribution in [0.15, 0.2) is 11.6 Å². The second-order valence-electron chi connectivity index (χ2n) is 6.74. The average Bonchev–Trinajstić information content (AvgIpc) is 3.04. The summed E-state index contributed by atoms with van der Waals surface area (Å²) in [5.41, 5.74) is 2.23. The van der Waals surface area contributed by atoms with Gasteiger partial charge in [0.15, 0.2) is 0 Å². The summed E-state index contributed by atoms with van der Waals surface area (Å²) in [7, 11) is 0. The summed E-state index contributed by atoms with van der Waals surface area (Å²) in [6, 6.07) is 0. The molecule has 1 aliphatic rings. The van der Waals surface area contributed by atoms with Gasteiger partial charge in [0.1, 0.15) is 0 Å². The van der Waals surface area contributed by atoms with E-state index in [9.17, 15) is 0 Å². The molecule has 3 atom stereocenters. The third-order valence-electron chi connectivity index (χ3n) is 5.03. The largest absolute Gasteiger partial charge is 0.0825 e. The van der Waals surface area contributed by atoms with E-state index in [1.807, 2.05) is 0 Å². The van der Waals surface area contributed by atoms with E-state index >= 15 is 0 Å². The molecule has 0 aromatic heterocycles. The van der Waals surface area contributed by atoms with Crippen molar-refractivity contribution in [3.05, 3.63) is 11.6 Å². The van der Waals surface area contributed by atoms with E-state index in [0.717, 1.165) is 17.8 Å². The maximum atomic E-state index is 2.54.